The Labute approximate surface area is 197 Å². The number of Topliss-reactive ketones (excluding diaryl/α,β-unsaturated/α-hetero) is 1. The highest BCUT2D eigenvalue weighted by Crippen LogP contribution is 2.42. The van der Waals surface area contributed by atoms with Gasteiger partial charge in [-0.15, -0.1) is 0 Å². The lowest BCUT2D eigenvalue weighted by molar-refractivity contribution is 0.0970. The van der Waals surface area contributed by atoms with Gasteiger partial charge in [0.05, 0.1) is 24.1 Å². The van der Waals surface area contributed by atoms with E-state index < -0.39 is 11.9 Å². The molecular formula is C26H18BrNO5. The number of halogens is 1. The van der Waals surface area contributed by atoms with Crippen LogP contribution < -0.4 is 15.1 Å². The van der Waals surface area contributed by atoms with Gasteiger partial charge in [0.15, 0.2) is 11.2 Å². The summed E-state index contributed by atoms with van der Waals surface area (Å²) >= 11 is 3.40. The van der Waals surface area contributed by atoms with Crippen LogP contribution in [0.3, 0.4) is 0 Å². The van der Waals surface area contributed by atoms with E-state index in [2.05, 4.69) is 15.9 Å². The van der Waals surface area contributed by atoms with Crippen molar-refractivity contribution in [2.75, 3.05) is 12.0 Å². The van der Waals surface area contributed by atoms with Gasteiger partial charge in [-0.05, 0) is 67.1 Å². The van der Waals surface area contributed by atoms with Crippen LogP contribution in [-0.2, 0) is 0 Å². The molecule has 2 heterocycles. The zero-order chi connectivity index (χ0) is 23.3. The van der Waals surface area contributed by atoms with Crippen molar-refractivity contribution in [1.29, 1.82) is 0 Å². The molecule has 0 aliphatic carbocycles. The number of carbonyl (C=O) groups excluding carboxylic acids is 2. The number of amides is 1. The number of hydrogen-bond acceptors (Lipinski definition) is 5. The van der Waals surface area contributed by atoms with E-state index in [1.54, 1.807) is 61.7 Å². The summed E-state index contributed by atoms with van der Waals surface area (Å²) in [5.41, 5.74) is 2.14. The Kier molecular flexibility index (Phi) is 5.13. The molecule has 3 aromatic carbocycles. The Balaban J connectivity index is 1.78. The Morgan fingerprint density at radius 1 is 1.03 bits per heavy atom. The molecule has 1 aromatic heterocycles. The van der Waals surface area contributed by atoms with E-state index in [-0.39, 0.29) is 22.5 Å². The minimum Gasteiger partial charge on any atom is -0.497 e. The van der Waals surface area contributed by atoms with Crippen molar-refractivity contribution in [2.24, 2.45) is 0 Å². The Morgan fingerprint density at radius 3 is 2.48 bits per heavy atom. The molecule has 1 aliphatic rings. The molecule has 1 amide bonds. The molecule has 7 heteroatoms. The molecule has 33 heavy (non-hydrogen) atoms. The molecule has 1 aliphatic heterocycles. The Bertz CT molecular complexity index is 1490. The van der Waals surface area contributed by atoms with Crippen LogP contribution >= 0.6 is 15.9 Å². The highest BCUT2D eigenvalue weighted by Gasteiger charge is 2.43. The molecule has 5 rings (SSSR count). The molecule has 164 valence electrons. The van der Waals surface area contributed by atoms with Crippen molar-refractivity contribution in [3.8, 4) is 5.75 Å². The third kappa shape index (κ3) is 3.45. The number of anilines is 1. The lowest BCUT2D eigenvalue weighted by Crippen LogP contribution is -2.29. The van der Waals surface area contributed by atoms with Crippen molar-refractivity contribution >= 4 is 44.3 Å². The molecule has 0 spiro atoms. The average molecular weight is 504 g/mol. The molecule has 0 saturated heterocycles. The summed E-state index contributed by atoms with van der Waals surface area (Å²) in [6.45, 7) is 1.48. The summed E-state index contributed by atoms with van der Waals surface area (Å²) in [6, 6.07) is 18.4. The molecule has 4 aromatic rings. The maximum absolute atomic E-state index is 13.6. The van der Waals surface area contributed by atoms with Gasteiger partial charge in [0.25, 0.3) is 5.91 Å². The van der Waals surface area contributed by atoms with Gasteiger partial charge in [-0.25, -0.2) is 0 Å². The van der Waals surface area contributed by atoms with Gasteiger partial charge in [-0.1, -0.05) is 28.1 Å². The topological polar surface area (TPSA) is 76.8 Å². The van der Waals surface area contributed by atoms with E-state index in [4.69, 9.17) is 9.15 Å². The summed E-state index contributed by atoms with van der Waals surface area (Å²) in [5, 5.41) is 0.387. The number of nitrogens with zero attached hydrogens (tertiary/aromatic N) is 1. The fraction of sp³-hybridized carbons (Fsp3) is 0.115. The van der Waals surface area contributed by atoms with E-state index in [1.165, 1.54) is 11.8 Å². The van der Waals surface area contributed by atoms with Crippen LogP contribution in [-0.4, -0.2) is 18.8 Å². The smallest absolute Gasteiger partial charge is 0.295 e. The second-order valence-electron chi connectivity index (χ2n) is 7.77. The lowest BCUT2D eigenvalue weighted by atomic mass is 9.98. The van der Waals surface area contributed by atoms with Crippen LogP contribution in [0.2, 0.25) is 0 Å². The lowest BCUT2D eigenvalue weighted by Gasteiger charge is -2.25. The van der Waals surface area contributed by atoms with Crippen LogP contribution in [0.5, 0.6) is 5.75 Å². The summed E-state index contributed by atoms with van der Waals surface area (Å²) in [4.78, 5) is 40.5. The van der Waals surface area contributed by atoms with Crippen LogP contribution in [0.4, 0.5) is 5.69 Å². The Hall–Kier alpha value is -3.71. The molecule has 1 atom stereocenters. The molecule has 0 saturated carbocycles. The number of rotatable bonds is 4. The van der Waals surface area contributed by atoms with Crippen LogP contribution in [0.25, 0.3) is 11.0 Å². The van der Waals surface area contributed by atoms with Crippen LogP contribution in [0, 0.1) is 0 Å². The third-order valence-corrected chi connectivity index (χ3v) is 6.29. The van der Waals surface area contributed by atoms with E-state index in [0.717, 1.165) is 4.47 Å². The second-order valence-corrected chi connectivity index (χ2v) is 8.69. The predicted molar refractivity (Wildman–Crippen MR) is 128 cm³/mol. The zero-order valence-corrected chi connectivity index (χ0v) is 19.4. The first-order chi connectivity index (χ1) is 15.9. The molecule has 0 bridgehead atoms. The number of ether oxygens (including phenoxy) is 1. The van der Waals surface area contributed by atoms with Crippen molar-refractivity contribution < 1.29 is 18.7 Å². The van der Waals surface area contributed by atoms with Gasteiger partial charge in [-0.2, -0.15) is 0 Å². The van der Waals surface area contributed by atoms with Crippen LogP contribution in [0.1, 0.15) is 45.0 Å². The fourth-order valence-corrected chi connectivity index (χ4v) is 4.56. The fourth-order valence-electron chi connectivity index (χ4n) is 4.20. The second kappa shape index (κ2) is 8.01. The van der Waals surface area contributed by atoms with E-state index in [0.29, 0.717) is 33.5 Å². The SMILES string of the molecule is COc1cccc(C2c3c(oc4ccc(Br)cc4c3=O)C(=O)N2c2ccc(C(C)=O)cc2)c1. The first-order valence-electron chi connectivity index (χ1n) is 10.2. The van der Waals surface area contributed by atoms with E-state index in [1.807, 2.05) is 12.1 Å². The van der Waals surface area contributed by atoms with Gasteiger partial charge in [0.2, 0.25) is 5.76 Å². The van der Waals surface area contributed by atoms with E-state index in [9.17, 15) is 14.4 Å². The van der Waals surface area contributed by atoms with Crippen molar-refractivity contribution in [3.05, 3.63) is 104 Å². The van der Waals surface area contributed by atoms with Crippen molar-refractivity contribution in [2.45, 2.75) is 13.0 Å². The number of benzene rings is 3. The molecule has 6 nitrogen and oxygen atoms in total. The highest BCUT2D eigenvalue weighted by molar-refractivity contribution is 9.10. The average Bonchev–Trinajstić information content (AvgIpc) is 3.12. The summed E-state index contributed by atoms with van der Waals surface area (Å²) in [6.07, 6.45) is 0. The first kappa shape index (κ1) is 21.2. The van der Waals surface area contributed by atoms with E-state index >= 15 is 0 Å². The monoisotopic (exact) mass is 503 g/mol. The van der Waals surface area contributed by atoms with Gasteiger partial charge < -0.3 is 9.15 Å². The summed E-state index contributed by atoms with van der Waals surface area (Å²) < 4.78 is 12.1. The number of ketones is 1. The number of methoxy groups -OCH3 is 1. The predicted octanol–water partition coefficient (Wildman–Crippen LogP) is 5.52. The largest absolute Gasteiger partial charge is 0.497 e. The first-order valence-corrected chi connectivity index (χ1v) is 11.0. The summed E-state index contributed by atoms with van der Waals surface area (Å²) in [5.74, 6) is 0.123. The normalized spacial score (nSPS) is 15.1. The molecule has 0 N–H and O–H groups in total. The minimum atomic E-state index is -0.717. The standard InChI is InChI=1S/C26H18BrNO5/c1-14(29)15-6-9-18(10-7-15)28-23(16-4-3-5-19(12-16)32-2)22-24(30)20-13-17(27)8-11-21(20)33-25(22)26(28)31/h3-13,23H,1-2H3. The Morgan fingerprint density at radius 2 is 1.79 bits per heavy atom. The molecule has 1 unspecified atom stereocenters. The molecule has 0 radical (unpaired) electrons. The van der Waals surface area contributed by atoms with Crippen molar-refractivity contribution in [1.82, 2.24) is 0 Å². The number of carbonyl (C=O) groups is 2. The maximum Gasteiger partial charge on any atom is 0.295 e. The van der Waals surface area contributed by atoms with Gasteiger partial charge in [0.1, 0.15) is 11.3 Å². The van der Waals surface area contributed by atoms with Gasteiger partial charge in [0, 0.05) is 15.7 Å². The quantitative estimate of drug-likeness (QED) is 0.343. The minimum absolute atomic E-state index is 0.0123. The number of hydrogen-bond donors (Lipinski definition) is 0. The van der Waals surface area contributed by atoms with Gasteiger partial charge in [-0.3, -0.25) is 19.3 Å². The maximum atomic E-state index is 13.6. The van der Waals surface area contributed by atoms with Gasteiger partial charge >= 0.3 is 0 Å². The zero-order valence-electron chi connectivity index (χ0n) is 17.8. The highest BCUT2D eigenvalue weighted by atomic mass is 79.9. The van der Waals surface area contributed by atoms with Crippen molar-refractivity contribution in [3.63, 3.8) is 0 Å². The molecular weight excluding hydrogens is 486 g/mol. The summed E-state index contributed by atoms with van der Waals surface area (Å²) in [7, 11) is 1.56. The number of fused-ring (bicyclic) bond motifs is 2. The third-order valence-electron chi connectivity index (χ3n) is 5.79. The van der Waals surface area contributed by atoms with Crippen LogP contribution in [0.15, 0.2) is 80.4 Å². The molecule has 0 fully saturated rings.